The first-order valence-corrected chi connectivity index (χ1v) is 9.91. The lowest BCUT2D eigenvalue weighted by molar-refractivity contribution is 0.248. The molecule has 2 heterocycles. The molecule has 5 rings (SSSR count). The summed E-state index contributed by atoms with van der Waals surface area (Å²) in [7, 11) is 4.10. The second-order valence-corrected chi connectivity index (χ2v) is 7.89. The minimum absolute atomic E-state index is 0.148. The maximum atomic E-state index is 9.94. The Labute approximate surface area is 170 Å². The first kappa shape index (κ1) is 17.7. The zero-order valence-corrected chi connectivity index (χ0v) is 16.6. The molecule has 0 spiro atoms. The van der Waals surface area contributed by atoms with Crippen molar-refractivity contribution in [3.05, 3.63) is 89.6 Å². The number of anilines is 1. The van der Waals surface area contributed by atoms with Gasteiger partial charge in [-0.15, -0.1) is 0 Å². The van der Waals surface area contributed by atoms with Crippen LogP contribution < -0.4 is 9.64 Å². The van der Waals surface area contributed by atoms with Gasteiger partial charge in [0.25, 0.3) is 0 Å². The highest BCUT2D eigenvalue weighted by Gasteiger charge is 2.34. The summed E-state index contributed by atoms with van der Waals surface area (Å²) in [6.07, 6.45) is 2.12. The first-order chi connectivity index (χ1) is 14.1. The molecule has 1 aliphatic heterocycles. The highest BCUT2D eigenvalue weighted by molar-refractivity contribution is 5.84. The molecule has 0 saturated carbocycles. The van der Waals surface area contributed by atoms with Crippen molar-refractivity contribution in [1.29, 1.82) is 0 Å². The molecule has 3 aromatic carbocycles. The van der Waals surface area contributed by atoms with Crippen LogP contribution in [0.15, 0.2) is 72.9 Å². The van der Waals surface area contributed by atoms with Crippen LogP contribution in [0, 0.1) is 0 Å². The van der Waals surface area contributed by atoms with Gasteiger partial charge in [0.15, 0.2) is 0 Å². The molecule has 0 saturated heterocycles. The first-order valence-electron chi connectivity index (χ1n) is 9.91. The van der Waals surface area contributed by atoms with E-state index in [1.165, 1.54) is 22.2 Å². The summed E-state index contributed by atoms with van der Waals surface area (Å²) < 4.78 is 6.12. The smallest absolute Gasteiger partial charge is 0.126 e. The Balaban J connectivity index is 1.66. The molecular formula is C25H24N2O2. The topological polar surface area (TPSA) is 48.5 Å². The van der Waals surface area contributed by atoms with Crippen LogP contribution in [-0.2, 0) is 0 Å². The van der Waals surface area contributed by atoms with Crippen LogP contribution in [0.2, 0.25) is 0 Å². The van der Waals surface area contributed by atoms with Crippen molar-refractivity contribution >= 4 is 16.6 Å². The molecule has 29 heavy (non-hydrogen) atoms. The zero-order valence-electron chi connectivity index (χ0n) is 16.6. The van der Waals surface area contributed by atoms with Gasteiger partial charge < -0.3 is 19.7 Å². The van der Waals surface area contributed by atoms with Crippen LogP contribution in [0.4, 0.5) is 5.69 Å². The van der Waals surface area contributed by atoms with E-state index in [-0.39, 0.29) is 17.6 Å². The van der Waals surface area contributed by atoms with Crippen molar-refractivity contribution in [2.45, 2.75) is 11.8 Å². The highest BCUT2D eigenvalue weighted by atomic mass is 16.5. The van der Waals surface area contributed by atoms with E-state index < -0.39 is 0 Å². The van der Waals surface area contributed by atoms with E-state index in [1.54, 1.807) is 12.1 Å². The number of phenolic OH excluding ortho intramolecular Hbond substituents is 1. The van der Waals surface area contributed by atoms with Crippen molar-refractivity contribution in [2.24, 2.45) is 0 Å². The van der Waals surface area contributed by atoms with Crippen LogP contribution in [-0.4, -0.2) is 30.8 Å². The second kappa shape index (κ2) is 6.89. The highest BCUT2D eigenvalue weighted by Crippen LogP contribution is 2.48. The van der Waals surface area contributed by atoms with Gasteiger partial charge in [0, 0.05) is 60.3 Å². The lowest BCUT2D eigenvalue weighted by Crippen LogP contribution is -2.25. The Bertz CT molecular complexity index is 1160. The number of ether oxygens (including phenoxy) is 1. The summed E-state index contributed by atoms with van der Waals surface area (Å²) in [5.74, 6) is 1.32. The molecule has 146 valence electrons. The third-order valence-electron chi connectivity index (χ3n) is 5.94. The quantitative estimate of drug-likeness (QED) is 0.507. The number of hydrogen-bond donors (Lipinski definition) is 2. The number of benzene rings is 3. The van der Waals surface area contributed by atoms with Crippen LogP contribution in [0.3, 0.4) is 0 Å². The Morgan fingerprint density at radius 2 is 1.76 bits per heavy atom. The van der Waals surface area contributed by atoms with Crippen LogP contribution in [0.5, 0.6) is 11.5 Å². The molecule has 1 aliphatic rings. The van der Waals surface area contributed by atoms with Crippen molar-refractivity contribution in [3.8, 4) is 11.5 Å². The largest absolute Gasteiger partial charge is 0.508 e. The number of phenols is 1. The molecule has 2 N–H and O–H groups in total. The van der Waals surface area contributed by atoms with Gasteiger partial charge in [-0.2, -0.15) is 0 Å². The van der Waals surface area contributed by atoms with Crippen molar-refractivity contribution in [3.63, 3.8) is 0 Å². The van der Waals surface area contributed by atoms with Crippen molar-refractivity contribution in [2.75, 3.05) is 25.6 Å². The molecule has 0 fully saturated rings. The predicted molar refractivity (Wildman–Crippen MR) is 117 cm³/mol. The fraction of sp³-hybridized carbons (Fsp3) is 0.200. The Kier molecular flexibility index (Phi) is 4.20. The number of fused-ring (bicyclic) bond motifs is 2. The lowest BCUT2D eigenvalue weighted by atomic mass is 9.75. The van der Waals surface area contributed by atoms with E-state index >= 15 is 0 Å². The summed E-state index contributed by atoms with van der Waals surface area (Å²) in [6, 6.07) is 22.6. The summed E-state index contributed by atoms with van der Waals surface area (Å²) >= 11 is 0. The standard InChI is InChI=1S/C25H24N2O2/c1-27(2)17-9-7-16(8-10-17)25-20-12-11-18(28)13-24(20)29-15-22(25)21-14-26-23-6-4-3-5-19(21)23/h3-14,22,25-26,28H,15H2,1-2H3. The van der Waals surface area contributed by atoms with Gasteiger partial charge >= 0.3 is 0 Å². The molecule has 2 atom stereocenters. The number of aromatic amines is 1. The number of H-pyrrole nitrogens is 1. The second-order valence-electron chi connectivity index (χ2n) is 7.89. The number of nitrogens with one attached hydrogen (secondary N) is 1. The van der Waals surface area contributed by atoms with Gasteiger partial charge in [0.2, 0.25) is 0 Å². The third kappa shape index (κ3) is 3.01. The average Bonchev–Trinajstić information content (AvgIpc) is 3.17. The predicted octanol–water partition coefficient (Wildman–Crippen LogP) is 5.25. The molecule has 0 bridgehead atoms. The molecule has 0 radical (unpaired) electrons. The van der Waals surface area contributed by atoms with E-state index in [4.69, 9.17) is 4.74 Å². The van der Waals surface area contributed by atoms with Gasteiger partial charge in [-0.05, 0) is 35.4 Å². The SMILES string of the molecule is CN(C)c1ccc(C2c3ccc(O)cc3OCC2c2c[nH]c3ccccc23)cc1. The molecule has 4 nitrogen and oxygen atoms in total. The number of aromatic nitrogens is 1. The third-order valence-corrected chi connectivity index (χ3v) is 5.94. The molecule has 0 amide bonds. The molecular weight excluding hydrogens is 360 g/mol. The monoisotopic (exact) mass is 384 g/mol. The summed E-state index contributed by atoms with van der Waals surface area (Å²) in [6.45, 7) is 0.568. The minimum atomic E-state index is 0.148. The summed E-state index contributed by atoms with van der Waals surface area (Å²) in [5.41, 5.74) is 5.94. The Morgan fingerprint density at radius 1 is 0.966 bits per heavy atom. The normalized spacial score (nSPS) is 18.3. The summed E-state index contributed by atoms with van der Waals surface area (Å²) in [5, 5.41) is 11.2. The zero-order chi connectivity index (χ0) is 20.0. The van der Waals surface area contributed by atoms with Crippen LogP contribution >= 0.6 is 0 Å². The average molecular weight is 384 g/mol. The Morgan fingerprint density at radius 3 is 2.55 bits per heavy atom. The van der Waals surface area contributed by atoms with E-state index in [1.807, 2.05) is 6.07 Å². The molecule has 4 aromatic rings. The number of nitrogens with zero attached hydrogens (tertiary/aromatic N) is 1. The van der Waals surface area contributed by atoms with Gasteiger partial charge in [-0.3, -0.25) is 0 Å². The van der Waals surface area contributed by atoms with Gasteiger partial charge in [0.1, 0.15) is 11.5 Å². The number of aromatic hydroxyl groups is 1. The summed E-state index contributed by atoms with van der Waals surface area (Å²) in [4.78, 5) is 5.52. The van der Waals surface area contributed by atoms with E-state index in [0.717, 1.165) is 16.8 Å². The van der Waals surface area contributed by atoms with E-state index in [0.29, 0.717) is 6.61 Å². The van der Waals surface area contributed by atoms with Crippen LogP contribution in [0.1, 0.15) is 28.5 Å². The van der Waals surface area contributed by atoms with Gasteiger partial charge in [0.05, 0.1) is 6.61 Å². The molecule has 2 unspecified atom stereocenters. The fourth-order valence-electron chi connectivity index (χ4n) is 4.46. The number of rotatable bonds is 3. The van der Waals surface area contributed by atoms with E-state index in [2.05, 4.69) is 78.7 Å². The van der Waals surface area contributed by atoms with Crippen molar-refractivity contribution < 1.29 is 9.84 Å². The Hall–Kier alpha value is -3.40. The number of para-hydroxylation sites is 1. The number of hydrogen-bond acceptors (Lipinski definition) is 3. The van der Waals surface area contributed by atoms with Gasteiger partial charge in [-0.25, -0.2) is 0 Å². The van der Waals surface area contributed by atoms with Crippen molar-refractivity contribution in [1.82, 2.24) is 4.98 Å². The maximum absolute atomic E-state index is 9.94. The maximum Gasteiger partial charge on any atom is 0.126 e. The lowest BCUT2D eigenvalue weighted by Gasteiger charge is -2.34. The van der Waals surface area contributed by atoms with E-state index in [9.17, 15) is 5.11 Å². The molecule has 4 heteroatoms. The van der Waals surface area contributed by atoms with Gasteiger partial charge in [-0.1, -0.05) is 36.4 Å². The minimum Gasteiger partial charge on any atom is -0.508 e. The molecule has 0 aliphatic carbocycles. The molecule has 1 aromatic heterocycles. The van der Waals surface area contributed by atoms with Crippen LogP contribution in [0.25, 0.3) is 10.9 Å². The fourth-order valence-corrected chi connectivity index (χ4v) is 4.46.